The first-order valence-corrected chi connectivity index (χ1v) is 9.37. The summed E-state index contributed by atoms with van der Waals surface area (Å²) < 4.78 is 5.39. The Morgan fingerprint density at radius 3 is 2.71 bits per heavy atom. The number of rotatable bonds is 6. The average Bonchev–Trinajstić information content (AvgIpc) is 3.33. The molecule has 1 aliphatic carbocycles. The molecule has 0 aromatic heterocycles. The van der Waals surface area contributed by atoms with E-state index < -0.39 is 0 Å². The Morgan fingerprint density at radius 1 is 1.25 bits per heavy atom. The molecule has 3 rings (SSSR count). The van der Waals surface area contributed by atoms with Gasteiger partial charge in [-0.1, -0.05) is 39.0 Å². The third-order valence-electron chi connectivity index (χ3n) is 5.14. The van der Waals surface area contributed by atoms with Crippen LogP contribution >= 0.6 is 0 Å². The maximum absolute atomic E-state index is 12.6. The fourth-order valence-electron chi connectivity index (χ4n) is 3.50. The number of hydrogen-bond acceptors (Lipinski definition) is 3. The summed E-state index contributed by atoms with van der Waals surface area (Å²) >= 11 is 0. The van der Waals surface area contributed by atoms with E-state index in [1.54, 1.807) is 0 Å². The quantitative estimate of drug-likeness (QED) is 0.796. The molecule has 2 aliphatic rings. The van der Waals surface area contributed by atoms with Crippen molar-refractivity contribution in [1.29, 1.82) is 0 Å². The van der Waals surface area contributed by atoms with Gasteiger partial charge in [-0.05, 0) is 42.2 Å². The molecule has 2 fully saturated rings. The lowest BCUT2D eigenvalue weighted by Gasteiger charge is -2.21. The van der Waals surface area contributed by atoms with Crippen LogP contribution in [0.1, 0.15) is 68.3 Å². The molecule has 132 valence electrons. The van der Waals surface area contributed by atoms with Gasteiger partial charge in [0.1, 0.15) is 0 Å². The maximum atomic E-state index is 12.6. The Balaban J connectivity index is 1.55. The Kier molecular flexibility index (Phi) is 5.41. The molecular formula is C21H31NO2. The summed E-state index contributed by atoms with van der Waals surface area (Å²) in [5.41, 5.74) is 2.52. The van der Waals surface area contributed by atoms with Crippen molar-refractivity contribution < 1.29 is 9.53 Å². The number of hydrogen-bond donors (Lipinski definition) is 1. The molecule has 1 N–H and O–H groups in total. The van der Waals surface area contributed by atoms with Gasteiger partial charge < -0.3 is 10.1 Å². The highest BCUT2D eigenvalue weighted by atomic mass is 16.5. The smallest absolute Gasteiger partial charge is 0.163 e. The van der Waals surface area contributed by atoms with Crippen LogP contribution in [0.3, 0.4) is 0 Å². The Morgan fingerprint density at radius 2 is 2.00 bits per heavy atom. The van der Waals surface area contributed by atoms with Gasteiger partial charge in [0.25, 0.3) is 0 Å². The molecule has 2 atom stereocenters. The maximum Gasteiger partial charge on any atom is 0.163 e. The van der Waals surface area contributed by atoms with Crippen LogP contribution in [0, 0.1) is 11.3 Å². The van der Waals surface area contributed by atoms with Crippen molar-refractivity contribution in [1.82, 2.24) is 5.32 Å². The molecule has 1 saturated carbocycles. The molecule has 24 heavy (non-hydrogen) atoms. The van der Waals surface area contributed by atoms with Gasteiger partial charge in [-0.2, -0.15) is 0 Å². The molecule has 0 bridgehead atoms. The van der Waals surface area contributed by atoms with Crippen LogP contribution in [0.5, 0.6) is 0 Å². The van der Waals surface area contributed by atoms with Crippen LogP contribution in [-0.2, 0) is 4.74 Å². The average molecular weight is 329 g/mol. The summed E-state index contributed by atoms with van der Waals surface area (Å²) in [4.78, 5) is 12.6. The van der Waals surface area contributed by atoms with Gasteiger partial charge in [-0.3, -0.25) is 4.79 Å². The summed E-state index contributed by atoms with van der Waals surface area (Å²) in [6.45, 7) is 9.42. The molecule has 1 aromatic carbocycles. The predicted octanol–water partition coefficient (Wildman–Crippen LogP) is 4.18. The first kappa shape index (κ1) is 17.6. The number of ketones is 1. The van der Waals surface area contributed by atoms with E-state index in [4.69, 9.17) is 4.74 Å². The third-order valence-corrected chi connectivity index (χ3v) is 5.14. The van der Waals surface area contributed by atoms with Crippen molar-refractivity contribution in [3.8, 4) is 0 Å². The van der Waals surface area contributed by atoms with Gasteiger partial charge in [-0.15, -0.1) is 0 Å². The van der Waals surface area contributed by atoms with Crippen molar-refractivity contribution in [3.63, 3.8) is 0 Å². The van der Waals surface area contributed by atoms with Crippen LogP contribution in [0.4, 0.5) is 0 Å². The van der Waals surface area contributed by atoms with Crippen LogP contribution in [0.25, 0.3) is 0 Å². The fraction of sp³-hybridized carbons (Fsp3) is 0.667. The largest absolute Gasteiger partial charge is 0.381 e. The van der Waals surface area contributed by atoms with E-state index >= 15 is 0 Å². The standard InChI is InChI=1S/C21H31NO2/c1-21(2,3)14-22-19-13-18(19)16-5-4-6-17(12-16)20(23)11-15-7-9-24-10-8-15/h4-6,12,15,18-19,22H,7-11,13-14H2,1-3H3. The normalized spacial score (nSPS) is 24.8. The Hall–Kier alpha value is -1.19. The molecular weight excluding hydrogens is 298 g/mol. The summed E-state index contributed by atoms with van der Waals surface area (Å²) in [5, 5.41) is 3.66. The molecule has 1 heterocycles. The summed E-state index contributed by atoms with van der Waals surface area (Å²) in [6, 6.07) is 8.90. The molecule has 0 amide bonds. The second-order valence-electron chi connectivity index (χ2n) is 8.70. The van der Waals surface area contributed by atoms with Gasteiger partial charge >= 0.3 is 0 Å². The van der Waals surface area contributed by atoms with Crippen molar-refractivity contribution in [2.45, 2.75) is 58.4 Å². The molecule has 1 aliphatic heterocycles. The van der Waals surface area contributed by atoms with Gasteiger partial charge in [0.15, 0.2) is 5.78 Å². The van der Waals surface area contributed by atoms with Crippen LogP contribution in [0.2, 0.25) is 0 Å². The number of carbonyl (C=O) groups is 1. The highest BCUT2D eigenvalue weighted by Gasteiger charge is 2.38. The number of nitrogens with one attached hydrogen (secondary N) is 1. The minimum atomic E-state index is 0.295. The van der Waals surface area contributed by atoms with E-state index in [1.807, 2.05) is 12.1 Å². The molecule has 3 nitrogen and oxygen atoms in total. The zero-order chi connectivity index (χ0) is 17.2. The SMILES string of the molecule is CC(C)(C)CNC1CC1c1cccc(C(=O)CC2CCOCC2)c1. The van der Waals surface area contributed by atoms with Gasteiger partial charge in [0, 0.05) is 43.7 Å². The summed E-state index contributed by atoms with van der Waals surface area (Å²) in [5.74, 6) is 1.36. The van der Waals surface area contributed by atoms with E-state index in [9.17, 15) is 4.79 Å². The molecule has 0 radical (unpaired) electrons. The van der Waals surface area contributed by atoms with E-state index in [0.29, 0.717) is 35.5 Å². The van der Waals surface area contributed by atoms with Crippen LogP contribution in [0.15, 0.2) is 24.3 Å². The Labute approximate surface area is 146 Å². The topological polar surface area (TPSA) is 38.3 Å². The van der Waals surface area contributed by atoms with Gasteiger partial charge in [0.2, 0.25) is 0 Å². The van der Waals surface area contributed by atoms with Crippen molar-refractivity contribution in [3.05, 3.63) is 35.4 Å². The zero-order valence-corrected chi connectivity index (χ0v) is 15.3. The van der Waals surface area contributed by atoms with Crippen LogP contribution < -0.4 is 5.32 Å². The van der Waals surface area contributed by atoms with E-state index in [1.165, 1.54) is 12.0 Å². The second-order valence-corrected chi connectivity index (χ2v) is 8.70. The lowest BCUT2D eigenvalue weighted by Crippen LogP contribution is -2.29. The zero-order valence-electron chi connectivity index (χ0n) is 15.3. The van der Waals surface area contributed by atoms with Gasteiger partial charge in [-0.25, -0.2) is 0 Å². The first-order chi connectivity index (χ1) is 11.4. The molecule has 3 heteroatoms. The highest BCUT2D eigenvalue weighted by Crippen LogP contribution is 2.41. The molecule has 1 aromatic rings. The monoisotopic (exact) mass is 329 g/mol. The van der Waals surface area contributed by atoms with Crippen molar-refractivity contribution in [2.24, 2.45) is 11.3 Å². The van der Waals surface area contributed by atoms with Crippen molar-refractivity contribution in [2.75, 3.05) is 19.8 Å². The summed E-state index contributed by atoms with van der Waals surface area (Å²) in [6.07, 6.45) is 3.90. The lowest BCUT2D eigenvalue weighted by atomic mass is 9.91. The predicted molar refractivity (Wildman–Crippen MR) is 97.5 cm³/mol. The second kappa shape index (κ2) is 7.37. The minimum Gasteiger partial charge on any atom is -0.381 e. The minimum absolute atomic E-state index is 0.295. The van der Waals surface area contributed by atoms with Crippen molar-refractivity contribution >= 4 is 5.78 Å². The lowest BCUT2D eigenvalue weighted by molar-refractivity contribution is 0.0601. The number of benzene rings is 1. The first-order valence-electron chi connectivity index (χ1n) is 9.37. The number of Topliss-reactive ketones (excluding diaryl/α,β-unsaturated/α-hetero) is 1. The number of ether oxygens (including phenoxy) is 1. The third kappa shape index (κ3) is 4.90. The molecule has 0 spiro atoms. The van der Waals surface area contributed by atoms with E-state index in [2.05, 4.69) is 38.2 Å². The van der Waals surface area contributed by atoms with E-state index in [0.717, 1.165) is 38.2 Å². The number of carbonyl (C=O) groups excluding carboxylic acids is 1. The Bertz CT molecular complexity index is 569. The molecule has 1 saturated heterocycles. The summed E-state index contributed by atoms with van der Waals surface area (Å²) in [7, 11) is 0. The molecule has 2 unspecified atom stereocenters. The highest BCUT2D eigenvalue weighted by molar-refractivity contribution is 5.96. The van der Waals surface area contributed by atoms with Gasteiger partial charge in [0.05, 0.1) is 0 Å². The fourth-order valence-corrected chi connectivity index (χ4v) is 3.50. The van der Waals surface area contributed by atoms with E-state index in [-0.39, 0.29) is 0 Å². The van der Waals surface area contributed by atoms with Crippen LogP contribution in [-0.4, -0.2) is 31.6 Å².